The summed E-state index contributed by atoms with van der Waals surface area (Å²) in [5, 5.41) is 4.43. The number of aromatic nitrogens is 1. The van der Waals surface area contributed by atoms with Crippen molar-refractivity contribution in [2.45, 2.75) is 0 Å². The molecule has 1 amide bonds. The molecule has 0 bridgehead atoms. The molecule has 0 unspecified atom stereocenters. The number of hydrogen-bond donors (Lipinski definition) is 2. The van der Waals surface area contributed by atoms with Crippen molar-refractivity contribution >= 4 is 44.8 Å². The first kappa shape index (κ1) is 12.3. The third-order valence-electron chi connectivity index (χ3n) is 2.16. The van der Waals surface area contributed by atoms with Gasteiger partial charge in [-0.05, 0) is 34.7 Å². The average Bonchev–Trinajstić information content (AvgIpc) is 2.73. The van der Waals surface area contributed by atoms with Crippen LogP contribution in [0.25, 0.3) is 10.6 Å². The van der Waals surface area contributed by atoms with Crippen molar-refractivity contribution in [1.82, 2.24) is 4.98 Å². The molecular formula is C11H10IN3OS. The highest BCUT2D eigenvalue weighted by Crippen LogP contribution is 2.32. The smallest absolute Gasteiger partial charge is 0.270 e. The van der Waals surface area contributed by atoms with Gasteiger partial charge in [-0.2, -0.15) is 0 Å². The van der Waals surface area contributed by atoms with Gasteiger partial charge in [-0.25, -0.2) is 4.98 Å². The van der Waals surface area contributed by atoms with Gasteiger partial charge in [0, 0.05) is 16.2 Å². The van der Waals surface area contributed by atoms with Crippen molar-refractivity contribution < 1.29 is 4.79 Å². The molecule has 0 aliphatic heterocycles. The molecule has 0 aliphatic rings. The van der Waals surface area contributed by atoms with Crippen LogP contribution in [0.2, 0.25) is 0 Å². The Morgan fingerprint density at radius 1 is 1.53 bits per heavy atom. The zero-order valence-electron chi connectivity index (χ0n) is 9.03. The minimum absolute atomic E-state index is 0.298. The maximum Gasteiger partial charge on any atom is 0.270 e. The zero-order valence-corrected chi connectivity index (χ0v) is 12.0. The van der Waals surface area contributed by atoms with Gasteiger partial charge in [-0.15, -0.1) is 0 Å². The van der Waals surface area contributed by atoms with Crippen molar-refractivity contribution in [3.63, 3.8) is 0 Å². The van der Waals surface area contributed by atoms with Gasteiger partial charge in [0.05, 0.1) is 0 Å². The molecule has 17 heavy (non-hydrogen) atoms. The van der Waals surface area contributed by atoms with Crippen molar-refractivity contribution in [3.8, 4) is 10.6 Å². The van der Waals surface area contributed by atoms with E-state index in [1.165, 1.54) is 11.3 Å². The molecule has 1 heterocycles. The van der Waals surface area contributed by atoms with Gasteiger partial charge in [0.1, 0.15) is 10.0 Å². The predicted molar refractivity (Wildman–Crippen MR) is 78.3 cm³/mol. The zero-order chi connectivity index (χ0) is 12.4. The minimum atomic E-state index is -0.512. The third-order valence-corrected chi connectivity index (χ3v) is 3.95. The monoisotopic (exact) mass is 359 g/mol. The molecule has 0 saturated carbocycles. The van der Waals surface area contributed by atoms with Gasteiger partial charge in [-0.1, -0.05) is 23.5 Å². The number of anilines is 1. The summed E-state index contributed by atoms with van der Waals surface area (Å²) in [6.45, 7) is 0. The van der Waals surface area contributed by atoms with E-state index in [1.54, 1.807) is 7.05 Å². The van der Waals surface area contributed by atoms with Crippen molar-refractivity contribution in [1.29, 1.82) is 0 Å². The summed E-state index contributed by atoms with van der Waals surface area (Å²) >= 11 is 3.66. The second-order valence-corrected chi connectivity index (χ2v) is 5.57. The van der Waals surface area contributed by atoms with E-state index in [1.807, 2.05) is 24.3 Å². The molecule has 1 aromatic carbocycles. The second kappa shape index (κ2) is 5.01. The standard InChI is InChI=1S/C11H10IN3OS/c1-14-11-8(9(13)16)15-10(17-11)6-3-2-4-7(12)5-6/h2-5,14H,1H3,(H2,13,16). The number of rotatable bonds is 3. The minimum Gasteiger partial charge on any atom is -0.378 e. The first-order valence-electron chi connectivity index (χ1n) is 4.86. The number of carbonyl (C=O) groups excluding carboxylic acids is 1. The molecule has 2 rings (SSSR count). The molecule has 88 valence electrons. The van der Waals surface area contributed by atoms with Gasteiger partial charge >= 0.3 is 0 Å². The lowest BCUT2D eigenvalue weighted by molar-refractivity contribution is 0.0997. The fourth-order valence-corrected chi connectivity index (χ4v) is 2.86. The van der Waals surface area contributed by atoms with E-state index in [2.05, 4.69) is 32.9 Å². The van der Waals surface area contributed by atoms with Crippen molar-refractivity contribution in [2.24, 2.45) is 5.73 Å². The summed E-state index contributed by atoms with van der Waals surface area (Å²) in [5.74, 6) is -0.512. The van der Waals surface area contributed by atoms with Crippen LogP contribution < -0.4 is 11.1 Å². The first-order valence-corrected chi connectivity index (χ1v) is 6.75. The molecule has 2 aromatic rings. The third kappa shape index (κ3) is 2.58. The van der Waals surface area contributed by atoms with Crippen LogP contribution in [0.5, 0.6) is 0 Å². The van der Waals surface area contributed by atoms with Gasteiger partial charge < -0.3 is 11.1 Å². The number of primary amides is 1. The molecule has 1 aromatic heterocycles. The molecule has 0 saturated heterocycles. The van der Waals surface area contributed by atoms with Gasteiger partial charge in [0.15, 0.2) is 5.69 Å². The summed E-state index contributed by atoms with van der Waals surface area (Å²) in [7, 11) is 1.75. The maximum atomic E-state index is 11.2. The van der Waals surface area contributed by atoms with Crippen LogP contribution in [-0.4, -0.2) is 17.9 Å². The Bertz CT molecular complexity index is 568. The molecular weight excluding hydrogens is 349 g/mol. The number of nitrogens with two attached hydrogens (primary N) is 1. The van der Waals surface area contributed by atoms with Crippen LogP contribution in [0.1, 0.15) is 10.5 Å². The Labute approximate surface area is 116 Å². The summed E-state index contributed by atoms with van der Waals surface area (Å²) in [6, 6.07) is 7.95. The van der Waals surface area contributed by atoms with Crippen LogP contribution in [0.4, 0.5) is 5.00 Å². The number of amides is 1. The lowest BCUT2D eigenvalue weighted by atomic mass is 10.2. The number of benzene rings is 1. The maximum absolute atomic E-state index is 11.2. The normalized spacial score (nSPS) is 10.2. The Morgan fingerprint density at radius 3 is 2.82 bits per heavy atom. The first-order chi connectivity index (χ1) is 8.11. The van der Waals surface area contributed by atoms with Crippen molar-refractivity contribution in [2.75, 3.05) is 12.4 Å². The topological polar surface area (TPSA) is 68.0 Å². The molecule has 0 spiro atoms. The number of carbonyl (C=O) groups is 1. The molecule has 0 aliphatic carbocycles. The molecule has 0 radical (unpaired) electrons. The van der Waals surface area contributed by atoms with Crippen LogP contribution in [0.15, 0.2) is 24.3 Å². The van der Waals surface area contributed by atoms with Crippen LogP contribution in [-0.2, 0) is 0 Å². The summed E-state index contributed by atoms with van der Waals surface area (Å²) < 4.78 is 1.13. The van der Waals surface area contributed by atoms with Crippen LogP contribution in [0.3, 0.4) is 0 Å². The highest BCUT2D eigenvalue weighted by Gasteiger charge is 2.15. The van der Waals surface area contributed by atoms with Crippen LogP contribution in [0, 0.1) is 3.57 Å². The van der Waals surface area contributed by atoms with Gasteiger partial charge in [-0.3, -0.25) is 4.79 Å². The number of hydrogen-bond acceptors (Lipinski definition) is 4. The van der Waals surface area contributed by atoms with E-state index in [9.17, 15) is 4.79 Å². The molecule has 6 heteroatoms. The van der Waals surface area contributed by atoms with Gasteiger partial charge in [0.2, 0.25) is 0 Å². The molecule has 0 atom stereocenters. The van der Waals surface area contributed by atoms with E-state index < -0.39 is 5.91 Å². The van der Waals surface area contributed by atoms with E-state index in [4.69, 9.17) is 5.73 Å². The molecule has 0 fully saturated rings. The molecule has 3 N–H and O–H groups in total. The number of halogens is 1. The Kier molecular flexibility index (Phi) is 3.63. The predicted octanol–water partition coefficient (Wildman–Crippen LogP) is 2.56. The van der Waals surface area contributed by atoms with E-state index in [-0.39, 0.29) is 0 Å². The van der Waals surface area contributed by atoms with E-state index >= 15 is 0 Å². The van der Waals surface area contributed by atoms with E-state index in [0.29, 0.717) is 10.7 Å². The quantitative estimate of drug-likeness (QED) is 0.828. The van der Waals surface area contributed by atoms with E-state index in [0.717, 1.165) is 14.1 Å². The fraction of sp³-hybridized carbons (Fsp3) is 0.0909. The van der Waals surface area contributed by atoms with Gasteiger partial charge in [0.25, 0.3) is 5.91 Å². The number of thiazole rings is 1. The highest BCUT2D eigenvalue weighted by atomic mass is 127. The average molecular weight is 359 g/mol. The molecule has 4 nitrogen and oxygen atoms in total. The Hall–Kier alpha value is -1.15. The fourth-order valence-electron chi connectivity index (χ4n) is 1.40. The second-order valence-electron chi connectivity index (χ2n) is 3.32. The summed E-state index contributed by atoms with van der Waals surface area (Å²) in [4.78, 5) is 15.5. The summed E-state index contributed by atoms with van der Waals surface area (Å²) in [5.41, 5.74) is 6.56. The lowest BCUT2D eigenvalue weighted by Crippen LogP contribution is -2.13. The summed E-state index contributed by atoms with van der Waals surface area (Å²) in [6.07, 6.45) is 0. The lowest BCUT2D eigenvalue weighted by Gasteiger charge is -1.95. The largest absolute Gasteiger partial charge is 0.378 e. The van der Waals surface area contributed by atoms with Crippen LogP contribution >= 0.6 is 33.9 Å². The number of nitrogens with one attached hydrogen (secondary N) is 1. The Morgan fingerprint density at radius 2 is 2.29 bits per heavy atom. The van der Waals surface area contributed by atoms with Crippen molar-refractivity contribution in [3.05, 3.63) is 33.5 Å². The SMILES string of the molecule is CNc1sc(-c2cccc(I)c2)nc1C(N)=O. The highest BCUT2D eigenvalue weighted by molar-refractivity contribution is 14.1. The number of nitrogens with zero attached hydrogens (tertiary/aromatic N) is 1. The Balaban J connectivity index is 2.50.